The molecule has 3 heteroatoms. The molecule has 102 valence electrons. The van der Waals surface area contributed by atoms with Gasteiger partial charge in [-0.05, 0) is 38.9 Å². The molecule has 2 rings (SSSR count). The Balaban J connectivity index is 2.37. The smallest absolute Gasteiger partial charge is 0.0643 e. The predicted octanol–water partition coefficient (Wildman–Crippen LogP) is 2.73. The molecule has 1 aliphatic heterocycles. The van der Waals surface area contributed by atoms with Gasteiger partial charge in [0.2, 0.25) is 0 Å². The average Bonchev–Trinajstić information content (AvgIpc) is 2.35. The van der Waals surface area contributed by atoms with Crippen LogP contribution in [0.4, 0.5) is 5.69 Å². The van der Waals surface area contributed by atoms with Crippen LogP contribution in [-0.4, -0.2) is 37.1 Å². The molecule has 0 aromatic heterocycles. The van der Waals surface area contributed by atoms with E-state index in [0.29, 0.717) is 18.5 Å². The number of hydrogen-bond donors (Lipinski definition) is 0. The van der Waals surface area contributed by atoms with Crippen molar-refractivity contribution < 1.29 is 0 Å². The van der Waals surface area contributed by atoms with Crippen molar-refractivity contribution in [2.75, 3.05) is 25.0 Å². The van der Waals surface area contributed by atoms with E-state index < -0.39 is 0 Å². The van der Waals surface area contributed by atoms with Gasteiger partial charge in [0.25, 0.3) is 0 Å². The molecule has 0 amide bonds. The van der Waals surface area contributed by atoms with Crippen molar-refractivity contribution in [2.24, 2.45) is 0 Å². The van der Waals surface area contributed by atoms with Crippen LogP contribution in [0.2, 0.25) is 0 Å². The topological polar surface area (TPSA) is 30.3 Å². The first-order chi connectivity index (χ1) is 9.04. The van der Waals surface area contributed by atoms with Gasteiger partial charge in [0.05, 0.1) is 18.5 Å². The fourth-order valence-corrected chi connectivity index (χ4v) is 3.00. The minimum Gasteiger partial charge on any atom is -0.364 e. The minimum absolute atomic E-state index is 0.297. The summed E-state index contributed by atoms with van der Waals surface area (Å²) in [5.74, 6) is 0. The van der Waals surface area contributed by atoms with Gasteiger partial charge in [0.1, 0.15) is 0 Å². The van der Waals surface area contributed by atoms with E-state index in [1.807, 2.05) is 0 Å². The van der Waals surface area contributed by atoms with Gasteiger partial charge in [-0.2, -0.15) is 5.26 Å². The number of piperazine rings is 1. The molecule has 1 fully saturated rings. The van der Waals surface area contributed by atoms with Gasteiger partial charge >= 0.3 is 0 Å². The van der Waals surface area contributed by atoms with E-state index in [-0.39, 0.29) is 0 Å². The van der Waals surface area contributed by atoms with Crippen LogP contribution in [0.25, 0.3) is 0 Å². The summed E-state index contributed by atoms with van der Waals surface area (Å²) in [5, 5.41) is 9.08. The Labute approximate surface area is 116 Å². The molecule has 1 saturated heterocycles. The number of nitriles is 1. The first-order valence-electron chi connectivity index (χ1n) is 6.94. The third kappa shape index (κ3) is 2.74. The summed E-state index contributed by atoms with van der Waals surface area (Å²) < 4.78 is 0. The van der Waals surface area contributed by atoms with Gasteiger partial charge in [-0.3, -0.25) is 4.90 Å². The van der Waals surface area contributed by atoms with E-state index in [4.69, 9.17) is 5.26 Å². The minimum atomic E-state index is 0.297. The molecule has 1 aromatic carbocycles. The van der Waals surface area contributed by atoms with Crippen LogP contribution >= 0.6 is 0 Å². The Morgan fingerprint density at radius 2 is 1.89 bits per heavy atom. The van der Waals surface area contributed by atoms with Crippen molar-refractivity contribution >= 4 is 5.69 Å². The summed E-state index contributed by atoms with van der Waals surface area (Å²) in [6.45, 7) is 8.53. The molecule has 1 aromatic rings. The molecule has 1 heterocycles. The zero-order valence-electron chi connectivity index (χ0n) is 12.3. The lowest BCUT2D eigenvalue weighted by atomic mass is 10.0. The lowest BCUT2D eigenvalue weighted by Crippen LogP contribution is -2.56. The number of hydrogen-bond acceptors (Lipinski definition) is 3. The molecule has 0 aliphatic carbocycles. The Bertz CT molecular complexity index is 469. The van der Waals surface area contributed by atoms with Gasteiger partial charge in [-0.1, -0.05) is 18.2 Å². The Kier molecular flexibility index (Phi) is 4.11. The van der Waals surface area contributed by atoms with Crippen LogP contribution in [0.3, 0.4) is 0 Å². The summed E-state index contributed by atoms with van der Waals surface area (Å²) in [7, 11) is 2.15. The van der Waals surface area contributed by atoms with Crippen LogP contribution in [0, 0.1) is 25.2 Å². The average molecular weight is 257 g/mol. The maximum Gasteiger partial charge on any atom is 0.0643 e. The van der Waals surface area contributed by atoms with Crippen molar-refractivity contribution in [3.8, 4) is 6.07 Å². The number of anilines is 1. The third-order valence-electron chi connectivity index (χ3n) is 4.21. The highest BCUT2D eigenvalue weighted by Gasteiger charge is 2.30. The second-order valence-electron chi connectivity index (χ2n) is 5.70. The number of nitrogens with zero attached hydrogens (tertiary/aromatic N) is 3. The monoisotopic (exact) mass is 257 g/mol. The molecular weight excluding hydrogens is 234 g/mol. The second-order valence-corrected chi connectivity index (χ2v) is 5.70. The van der Waals surface area contributed by atoms with E-state index in [1.54, 1.807) is 0 Å². The quantitative estimate of drug-likeness (QED) is 0.816. The van der Waals surface area contributed by atoms with Gasteiger partial charge in [-0.15, -0.1) is 0 Å². The summed E-state index contributed by atoms with van der Waals surface area (Å²) in [6, 6.07) is 9.59. The normalized spacial score (nSPS) is 24.3. The van der Waals surface area contributed by atoms with Crippen molar-refractivity contribution in [1.29, 1.82) is 5.26 Å². The van der Waals surface area contributed by atoms with Gasteiger partial charge in [0.15, 0.2) is 0 Å². The highest BCUT2D eigenvalue weighted by atomic mass is 15.3. The third-order valence-corrected chi connectivity index (χ3v) is 4.21. The first-order valence-corrected chi connectivity index (χ1v) is 6.94. The number of likely N-dealkylation sites (N-methyl/N-ethyl adjacent to an activating group) is 1. The maximum absolute atomic E-state index is 9.08. The maximum atomic E-state index is 9.08. The molecule has 0 bridgehead atoms. The SMILES string of the molecule is Cc1cccc(C)c1N1CC(C)N(C)CC1CC#N. The number of aryl methyl sites for hydroxylation is 2. The Morgan fingerprint density at radius 3 is 2.47 bits per heavy atom. The fraction of sp³-hybridized carbons (Fsp3) is 0.562. The lowest BCUT2D eigenvalue weighted by molar-refractivity contribution is 0.200. The highest BCUT2D eigenvalue weighted by molar-refractivity contribution is 5.60. The Hall–Kier alpha value is -1.53. The molecule has 0 N–H and O–H groups in total. The molecule has 0 saturated carbocycles. The summed E-state index contributed by atoms with van der Waals surface area (Å²) in [5.41, 5.74) is 3.93. The van der Waals surface area contributed by atoms with Crippen molar-refractivity contribution in [3.05, 3.63) is 29.3 Å². The number of benzene rings is 1. The van der Waals surface area contributed by atoms with Crippen LogP contribution in [-0.2, 0) is 0 Å². The van der Waals surface area contributed by atoms with Crippen molar-refractivity contribution in [1.82, 2.24) is 4.90 Å². The standard InChI is InChI=1S/C16H23N3/c1-12-6-5-7-13(2)16(12)19-10-14(3)18(4)11-15(19)8-9-17/h5-7,14-15H,8,10-11H2,1-4H3. The molecule has 19 heavy (non-hydrogen) atoms. The molecule has 2 atom stereocenters. The molecule has 0 spiro atoms. The molecule has 2 unspecified atom stereocenters. The van der Waals surface area contributed by atoms with Crippen LogP contribution < -0.4 is 4.90 Å². The zero-order valence-corrected chi connectivity index (χ0v) is 12.3. The first kappa shape index (κ1) is 13.9. The summed E-state index contributed by atoms with van der Waals surface area (Å²) >= 11 is 0. The van der Waals surface area contributed by atoms with E-state index in [1.165, 1.54) is 16.8 Å². The number of rotatable bonds is 2. The molecule has 3 nitrogen and oxygen atoms in total. The van der Waals surface area contributed by atoms with E-state index in [9.17, 15) is 0 Å². The van der Waals surface area contributed by atoms with Crippen LogP contribution in [0.15, 0.2) is 18.2 Å². The summed E-state index contributed by atoms with van der Waals surface area (Å²) in [4.78, 5) is 4.80. The Morgan fingerprint density at radius 1 is 1.26 bits per heavy atom. The van der Waals surface area contributed by atoms with Gasteiger partial charge in [-0.25, -0.2) is 0 Å². The van der Waals surface area contributed by atoms with Crippen LogP contribution in [0.1, 0.15) is 24.5 Å². The van der Waals surface area contributed by atoms with Crippen LogP contribution in [0.5, 0.6) is 0 Å². The van der Waals surface area contributed by atoms with E-state index in [2.05, 4.69) is 61.9 Å². The van der Waals surface area contributed by atoms with Crippen molar-refractivity contribution in [2.45, 2.75) is 39.3 Å². The predicted molar refractivity (Wildman–Crippen MR) is 79.4 cm³/mol. The van der Waals surface area contributed by atoms with E-state index in [0.717, 1.165) is 13.1 Å². The van der Waals surface area contributed by atoms with Gasteiger partial charge in [0, 0.05) is 24.8 Å². The molecule has 0 radical (unpaired) electrons. The number of para-hydroxylation sites is 1. The lowest BCUT2D eigenvalue weighted by Gasteiger charge is -2.45. The summed E-state index contributed by atoms with van der Waals surface area (Å²) in [6.07, 6.45) is 0.588. The van der Waals surface area contributed by atoms with Gasteiger partial charge < -0.3 is 4.90 Å². The zero-order chi connectivity index (χ0) is 14.0. The fourth-order valence-electron chi connectivity index (χ4n) is 3.00. The molecular formula is C16H23N3. The largest absolute Gasteiger partial charge is 0.364 e. The van der Waals surface area contributed by atoms with Crippen molar-refractivity contribution in [3.63, 3.8) is 0 Å². The molecule has 1 aliphatic rings. The van der Waals surface area contributed by atoms with E-state index >= 15 is 0 Å². The highest BCUT2D eigenvalue weighted by Crippen LogP contribution is 2.30. The second kappa shape index (κ2) is 5.63.